The fourth-order valence-corrected chi connectivity index (χ4v) is 2.21. The summed E-state index contributed by atoms with van der Waals surface area (Å²) in [5, 5.41) is 4.12. The smallest absolute Gasteiger partial charge is 0.132 e. The molecule has 0 bridgehead atoms. The second-order valence-corrected chi connectivity index (χ2v) is 4.64. The molecule has 0 saturated heterocycles. The van der Waals surface area contributed by atoms with Gasteiger partial charge in [-0.2, -0.15) is 0 Å². The Labute approximate surface area is 108 Å². The van der Waals surface area contributed by atoms with Gasteiger partial charge in [-0.05, 0) is 50.6 Å². The molecule has 98 valence electrons. The van der Waals surface area contributed by atoms with E-state index >= 15 is 0 Å². The van der Waals surface area contributed by atoms with Crippen LogP contribution in [-0.4, -0.2) is 17.7 Å². The monoisotopic (exact) mass is 248 g/mol. The quantitative estimate of drug-likeness (QED) is 0.741. The van der Waals surface area contributed by atoms with Crippen molar-refractivity contribution >= 4 is 10.9 Å². The summed E-state index contributed by atoms with van der Waals surface area (Å²) in [6.07, 6.45) is 5.45. The number of aryl methyl sites for hydroxylation is 1. The van der Waals surface area contributed by atoms with E-state index in [0.717, 1.165) is 43.4 Å². The van der Waals surface area contributed by atoms with Gasteiger partial charge in [0.05, 0.1) is 5.52 Å². The Morgan fingerprint density at radius 1 is 1.17 bits per heavy atom. The van der Waals surface area contributed by atoms with Gasteiger partial charge in [0, 0.05) is 18.1 Å². The average molecular weight is 248 g/mol. The molecule has 0 spiro atoms. The van der Waals surface area contributed by atoms with Gasteiger partial charge in [0.1, 0.15) is 5.82 Å². The lowest BCUT2D eigenvalue weighted by atomic mass is 10.2. The van der Waals surface area contributed by atoms with Crippen LogP contribution in [-0.2, 0) is 6.54 Å². The number of fused-ring (bicyclic) bond motifs is 1. The van der Waals surface area contributed by atoms with Crippen LogP contribution in [0.1, 0.15) is 26.2 Å². The molecule has 0 fully saturated rings. The highest BCUT2D eigenvalue weighted by Crippen LogP contribution is 2.19. The molecule has 3 heteroatoms. The van der Waals surface area contributed by atoms with Crippen LogP contribution in [0.5, 0.6) is 0 Å². The third-order valence-corrected chi connectivity index (χ3v) is 3.19. The second kappa shape index (κ2) is 6.55. The molecule has 0 unspecified atom stereocenters. The molecule has 0 aliphatic carbocycles. The normalized spacial score (nSPS) is 11.2. The summed E-state index contributed by atoms with van der Waals surface area (Å²) in [6.45, 7) is 5.30. The van der Waals surface area contributed by atoms with Crippen LogP contribution in [0.4, 0.5) is 4.39 Å². The Bertz CT molecular complexity index is 490. The van der Waals surface area contributed by atoms with Crippen molar-refractivity contribution in [3.63, 3.8) is 0 Å². The predicted octanol–water partition coefficient (Wildman–Crippen LogP) is 3.56. The van der Waals surface area contributed by atoms with E-state index in [-0.39, 0.29) is 5.82 Å². The molecule has 2 aromatic rings. The van der Waals surface area contributed by atoms with Crippen molar-refractivity contribution in [2.75, 3.05) is 13.1 Å². The predicted molar refractivity (Wildman–Crippen MR) is 74.3 cm³/mol. The van der Waals surface area contributed by atoms with Crippen molar-refractivity contribution in [2.24, 2.45) is 0 Å². The average Bonchev–Trinajstić information content (AvgIpc) is 2.79. The van der Waals surface area contributed by atoms with E-state index < -0.39 is 0 Å². The van der Waals surface area contributed by atoms with Gasteiger partial charge in [0.15, 0.2) is 0 Å². The number of hydrogen-bond acceptors (Lipinski definition) is 1. The molecule has 1 N–H and O–H groups in total. The standard InChI is InChI=1S/C15H21FN2/c1-2-9-17-10-3-4-11-18-12-8-13-14(16)6-5-7-15(13)18/h5-8,12,17H,2-4,9-11H2,1H3. The van der Waals surface area contributed by atoms with E-state index in [9.17, 15) is 4.39 Å². The summed E-state index contributed by atoms with van der Waals surface area (Å²) in [6, 6.07) is 7.13. The lowest BCUT2D eigenvalue weighted by molar-refractivity contribution is 0.574. The fourth-order valence-electron chi connectivity index (χ4n) is 2.21. The van der Waals surface area contributed by atoms with E-state index in [0.29, 0.717) is 0 Å². The largest absolute Gasteiger partial charge is 0.347 e. The summed E-state index contributed by atoms with van der Waals surface area (Å²) < 4.78 is 15.6. The minimum atomic E-state index is -0.129. The van der Waals surface area contributed by atoms with Crippen LogP contribution in [0, 0.1) is 5.82 Å². The minimum Gasteiger partial charge on any atom is -0.347 e. The van der Waals surface area contributed by atoms with Gasteiger partial charge in [0.25, 0.3) is 0 Å². The zero-order chi connectivity index (χ0) is 12.8. The number of nitrogens with zero attached hydrogens (tertiary/aromatic N) is 1. The molecular weight excluding hydrogens is 227 g/mol. The van der Waals surface area contributed by atoms with Gasteiger partial charge in [-0.25, -0.2) is 4.39 Å². The highest BCUT2D eigenvalue weighted by molar-refractivity contribution is 5.80. The minimum absolute atomic E-state index is 0.129. The number of benzene rings is 1. The van der Waals surface area contributed by atoms with Gasteiger partial charge < -0.3 is 9.88 Å². The van der Waals surface area contributed by atoms with E-state index in [1.807, 2.05) is 18.3 Å². The summed E-state index contributed by atoms with van der Waals surface area (Å²) in [5.74, 6) is -0.129. The number of aromatic nitrogens is 1. The molecule has 0 aliphatic heterocycles. The zero-order valence-electron chi connectivity index (χ0n) is 11.0. The maximum atomic E-state index is 13.5. The summed E-state index contributed by atoms with van der Waals surface area (Å²) in [7, 11) is 0. The van der Waals surface area contributed by atoms with Gasteiger partial charge in [-0.3, -0.25) is 0 Å². The number of hydrogen-bond donors (Lipinski definition) is 1. The molecule has 2 rings (SSSR count). The Kier molecular flexibility index (Phi) is 4.76. The molecular formula is C15H21FN2. The van der Waals surface area contributed by atoms with Crippen LogP contribution >= 0.6 is 0 Å². The molecule has 18 heavy (non-hydrogen) atoms. The van der Waals surface area contributed by atoms with Crippen molar-refractivity contribution in [3.8, 4) is 0 Å². The molecule has 0 radical (unpaired) electrons. The van der Waals surface area contributed by atoms with Crippen molar-refractivity contribution in [3.05, 3.63) is 36.3 Å². The van der Waals surface area contributed by atoms with Gasteiger partial charge in [0.2, 0.25) is 0 Å². The van der Waals surface area contributed by atoms with Crippen LogP contribution < -0.4 is 5.32 Å². The van der Waals surface area contributed by atoms with Crippen LogP contribution in [0.25, 0.3) is 10.9 Å². The fraction of sp³-hybridized carbons (Fsp3) is 0.467. The molecule has 0 amide bonds. The van der Waals surface area contributed by atoms with E-state index in [4.69, 9.17) is 0 Å². The zero-order valence-corrected chi connectivity index (χ0v) is 11.0. The molecule has 1 heterocycles. The molecule has 0 aliphatic rings. The Hall–Kier alpha value is -1.35. The van der Waals surface area contributed by atoms with Gasteiger partial charge in [-0.15, -0.1) is 0 Å². The Morgan fingerprint density at radius 3 is 2.89 bits per heavy atom. The first-order valence-corrected chi connectivity index (χ1v) is 6.77. The maximum Gasteiger partial charge on any atom is 0.132 e. The number of nitrogens with one attached hydrogen (secondary N) is 1. The number of halogens is 1. The summed E-state index contributed by atoms with van der Waals surface area (Å²) in [5.41, 5.74) is 0.997. The van der Waals surface area contributed by atoms with Crippen molar-refractivity contribution < 1.29 is 4.39 Å². The first kappa shape index (κ1) is 13.1. The van der Waals surface area contributed by atoms with Crippen molar-refractivity contribution in [2.45, 2.75) is 32.7 Å². The topological polar surface area (TPSA) is 17.0 Å². The highest BCUT2D eigenvalue weighted by Gasteiger charge is 2.04. The van der Waals surface area contributed by atoms with Crippen molar-refractivity contribution in [1.82, 2.24) is 9.88 Å². The van der Waals surface area contributed by atoms with Gasteiger partial charge >= 0.3 is 0 Å². The number of unbranched alkanes of at least 4 members (excludes halogenated alkanes) is 1. The third-order valence-electron chi connectivity index (χ3n) is 3.19. The van der Waals surface area contributed by atoms with E-state index in [1.165, 1.54) is 12.5 Å². The first-order valence-electron chi connectivity index (χ1n) is 6.77. The van der Waals surface area contributed by atoms with Crippen LogP contribution in [0.3, 0.4) is 0 Å². The first-order chi connectivity index (χ1) is 8.83. The van der Waals surface area contributed by atoms with Crippen LogP contribution in [0.15, 0.2) is 30.5 Å². The van der Waals surface area contributed by atoms with Crippen LogP contribution in [0.2, 0.25) is 0 Å². The molecule has 1 aromatic carbocycles. The van der Waals surface area contributed by atoms with Crippen molar-refractivity contribution in [1.29, 1.82) is 0 Å². The maximum absolute atomic E-state index is 13.5. The molecule has 1 aromatic heterocycles. The molecule has 0 atom stereocenters. The van der Waals surface area contributed by atoms with E-state index in [1.54, 1.807) is 6.07 Å². The number of rotatable bonds is 7. The Balaban J connectivity index is 1.86. The lowest BCUT2D eigenvalue weighted by Crippen LogP contribution is -2.16. The lowest BCUT2D eigenvalue weighted by Gasteiger charge is -2.06. The van der Waals surface area contributed by atoms with E-state index in [2.05, 4.69) is 16.8 Å². The molecule has 2 nitrogen and oxygen atoms in total. The Morgan fingerprint density at radius 2 is 2.06 bits per heavy atom. The van der Waals surface area contributed by atoms with Gasteiger partial charge in [-0.1, -0.05) is 13.0 Å². The third kappa shape index (κ3) is 3.10. The highest BCUT2D eigenvalue weighted by atomic mass is 19.1. The molecule has 0 saturated carbocycles. The summed E-state index contributed by atoms with van der Waals surface area (Å²) in [4.78, 5) is 0. The summed E-state index contributed by atoms with van der Waals surface area (Å²) >= 11 is 0. The SMILES string of the molecule is CCCNCCCCn1ccc2c(F)cccc21. The second-order valence-electron chi connectivity index (χ2n) is 4.64.